The van der Waals surface area contributed by atoms with Crippen molar-refractivity contribution >= 4 is 23.5 Å². The van der Waals surface area contributed by atoms with Crippen LogP contribution in [-0.2, 0) is 14.3 Å². The fraction of sp³-hybridized carbons (Fsp3) is 0.467. The predicted octanol–water partition coefficient (Wildman–Crippen LogP) is 2.54. The second-order valence-electron chi connectivity index (χ2n) is 5.05. The fourth-order valence-electron chi connectivity index (χ4n) is 2.39. The zero-order valence-corrected chi connectivity index (χ0v) is 12.5. The number of hydrogen-bond acceptors (Lipinski definition) is 3. The monoisotopic (exact) mass is 311 g/mol. The first-order valence-electron chi connectivity index (χ1n) is 6.95. The third-order valence-corrected chi connectivity index (χ3v) is 3.84. The SMILES string of the molecule is CCC(NC(=O)[C@@H]1CC[C@H](C(=O)O)O1)c1ccc(Cl)cc1. The van der Waals surface area contributed by atoms with Gasteiger partial charge < -0.3 is 15.2 Å². The molecule has 1 heterocycles. The van der Waals surface area contributed by atoms with Crippen molar-refractivity contribution in [3.8, 4) is 0 Å². The van der Waals surface area contributed by atoms with E-state index in [4.69, 9.17) is 21.4 Å². The number of rotatable bonds is 5. The largest absolute Gasteiger partial charge is 0.479 e. The molecule has 0 radical (unpaired) electrons. The fourth-order valence-corrected chi connectivity index (χ4v) is 2.52. The van der Waals surface area contributed by atoms with E-state index in [2.05, 4.69) is 5.32 Å². The Labute approximate surface area is 128 Å². The van der Waals surface area contributed by atoms with E-state index >= 15 is 0 Å². The number of nitrogens with one attached hydrogen (secondary N) is 1. The highest BCUT2D eigenvalue weighted by molar-refractivity contribution is 6.30. The van der Waals surface area contributed by atoms with Crippen molar-refractivity contribution in [1.29, 1.82) is 0 Å². The molecule has 1 aliphatic heterocycles. The molecule has 1 saturated heterocycles. The Morgan fingerprint density at radius 3 is 2.48 bits per heavy atom. The number of carbonyl (C=O) groups is 2. The van der Waals surface area contributed by atoms with E-state index in [9.17, 15) is 9.59 Å². The lowest BCUT2D eigenvalue weighted by atomic mass is 10.0. The van der Waals surface area contributed by atoms with Crippen molar-refractivity contribution in [3.63, 3.8) is 0 Å². The van der Waals surface area contributed by atoms with Gasteiger partial charge in [-0.25, -0.2) is 4.79 Å². The molecule has 3 atom stereocenters. The molecule has 0 aromatic heterocycles. The minimum absolute atomic E-state index is 0.137. The molecular formula is C15H18ClNO4. The first kappa shape index (κ1) is 15.8. The number of carbonyl (C=O) groups excluding carboxylic acids is 1. The first-order valence-corrected chi connectivity index (χ1v) is 7.33. The summed E-state index contributed by atoms with van der Waals surface area (Å²) in [6.07, 6.45) is -0.0446. The Morgan fingerprint density at radius 2 is 1.95 bits per heavy atom. The zero-order chi connectivity index (χ0) is 15.4. The van der Waals surface area contributed by atoms with Crippen LogP contribution in [0.1, 0.15) is 37.8 Å². The van der Waals surface area contributed by atoms with Gasteiger partial charge in [0, 0.05) is 5.02 Å². The Hall–Kier alpha value is -1.59. The Balaban J connectivity index is 1.97. The van der Waals surface area contributed by atoms with E-state index in [1.54, 1.807) is 12.1 Å². The molecule has 2 N–H and O–H groups in total. The molecule has 0 saturated carbocycles. The molecule has 114 valence electrons. The van der Waals surface area contributed by atoms with Crippen molar-refractivity contribution in [1.82, 2.24) is 5.32 Å². The number of benzene rings is 1. The second-order valence-corrected chi connectivity index (χ2v) is 5.49. The number of ether oxygens (including phenoxy) is 1. The highest BCUT2D eigenvalue weighted by Crippen LogP contribution is 2.23. The van der Waals surface area contributed by atoms with E-state index in [0.29, 0.717) is 17.9 Å². The third-order valence-electron chi connectivity index (χ3n) is 3.58. The smallest absolute Gasteiger partial charge is 0.332 e. The standard InChI is InChI=1S/C15H18ClNO4/c1-2-11(9-3-5-10(16)6-4-9)17-14(18)12-7-8-13(21-12)15(19)20/h3-6,11-13H,2,7-8H2,1H3,(H,17,18)(H,19,20)/t11?,12-,13+/m0/s1. The summed E-state index contributed by atoms with van der Waals surface area (Å²) in [6.45, 7) is 1.97. The quantitative estimate of drug-likeness (QED) is 0.876. The lowest BCUT2D eigenvalue weighted by Gasteiger charge is -2.20. The lowest BCUT2D eigenvalue weighted by molar-refractivity contribution is -0.151. The van der Waals surface area contributed by atoms with Gasteiger partial charge in [0.15, 0.2) is 6.10 Å². The summed E-state index contributed by atoms with van der Waals surface area (Å²) in [5.41, 5.74) is 0.961. The Bertz CT molecular complexity index is 517. The maximum Gasteiger partial charge on any atom is 0.332 e. The number of aliphatic carboxylic acids is 1. The van der Waals surface area contributed by atoms with Crippen molar-refractivity contribution < 1.29 is 19.4 Å². The Kier molecular flexibility index (Phi) is 5.20. The molecule has 1 aliphatic rings. The Morgan fingerprint density at radius 1 is 1.33 bits per heavy atom. The van der Waals surface area contributed by atoms with Crippen molar-refractivity contribution in [2.45, 2.75) is 44.4 Å². The van der Waals surface area contributed by atoms with Crippen molar-refractivity contribution in [2.24, 2.45) is 0 Å². The van der Waals surface area contributed by atoms with E-state index in [1.165, 1.54) is 0 Å². The van der Waals surface area contributed by atoms with Crippen LogP contribution in [0.15, 0.2) is 24.3 Å². The van der Waals surface area contributed by atoms with Gasteiger partial charge in [0.1, 0.15) is 6.10 Å². The van der Waals surface area contributed by atoms with Crippen LogP contribution in [0.5, 0.6) is 0 Å². The minimum Gasteiger partial charge on any atom is -0.479 e. The van der Waals surface area contributed by atoms with Crippen LogP contribution in [0.2, 0.25) is 5.02 Å². The van der Waals surface area contributed by atoms with Crippen molar-refractivity contribution in [2.75, 3.05) is 0 Å². The summed E-state index contributed by atoms with van der Waals surface area (Å²) < 4.78 is 5.25. The normalized spacial score (nSPS) is 22.8. The molecule has 6 heteroatoms. The predicted molar refractivity (Wildman–Crippen MR) is 78.2 cm³/mol. The maximum atomic E-state index is 12.2. The highest BCUT2D eigenvalue weighted by atomic mass is 35.5. The molecule has 21 heavy (non-hydrogen) atoms. The summed E-state index contributed by atoms with van der Waals surface area (Å²) in [7, 11) is 0. The molecule has 5 nitrogen and oxygen atoms in total. The van der Waals surface area contributed by atoms with Gasteiger partial charge in [-0.2, -0.15) is 0 Å². The van der Waals surface area contributed by atoms with Crippen LogP contribution in [0, 0.1) is 0 Å². The molecule has 0 bridgehead atoms. The molecule has 1 aromatic rings. The van der Waals surface area contributed by atoms with Gasteiger partial charge in [-0.3, -0.25) is 4.79 Å². The molecule has 1 unspecified atom stereocenters. The average Bonchev–Trinajstić information content (AvgIpc) is 2.96. The van der Waals surface area contributed by atoms with E-state index in [0.717, 1.165) is 12.0 Å². The number of halogens is 1. The van der Waals surface area contributed by atoms with Crippen LogP contribution >= 0.6 is 11.6 Å². The summed E-state index contributed by atoms with van der Waals surface area (Å²) in [5, 5.41) is 12.4. The molecule has 2 rings (SSSR count). The third kappa shape index (κ3) is 3.95. The van der Waals surface area contributed by atoms with Crippen LogP contribution in [0.25, 0.3) is 0 Å². The minimum atomic E-state index is -1.02. The topological polar surface area (TPSA) is 75.6 Å². The van der Waals surface area contributed by atoms with Gasteiger partial charge in [0.25, 0.3) is 0 Å². The van der Waals surface area contributed by atoms with Crippen LogP contribution in [0.3, 0.4) is 0 Å². The summed E-state index contributed by atoms with van der Waals surface area (Å²) in [6, 6.07) is 7.15. The van der Waals surface area contributed by atoms with Crippen molar-refractivity contribution in [3.05, 3.63) is 34.9 Å². The number of carboxylic acids is 1. The molecule has 1 aromatic carbocycles. The molecular weight excluding hydrogens is 294 g/mol. The molecule has 1 amide bonds. The summed E-state index contributed by atoms with van der Waals surface area (Å²) in [4.78, 5) is 23.0. The van der Waals surface area contributed by atoms with E-state index < -0.39 is 18.2 Å². The van der Waals surface area contributed by atoms with Crippen LogP contribution < -0.4 is 5.32 Å². The maximum absolute atomic E-state index is 12.2. The van der Waals surface area contributed by atoms with Gasteiger partial charge >= 0.3 is 5.97 Å². The highest BCUT2D eigenvalue weighted by Gasteiger charge is 2.35. The van der Waals surface area contributed by atoms with Gasteiger partial charge in [0.05, 0.1) is 6.04 Å². The van der Waals surface area contributed by atoms with Gasteiger partial charge in [-0.05, 0) is 37.0 Å². The van der Waals surface area contributed by atoms with E-state index in [-0.39, 0.29) is 11.9 Å². The van der Waals surface area contributed by atoms with Crippen LogP contribution in [0.4, 0.5) is 0 Å². The van der Waals surface area contributed by atoms with E-state index in [1.807, 2.05) is 19.1 Å². The van der Waals surface area contributed by atoms with Gasteiger partial charge in [-0.1, -0.05) is 30.7 Å². The average molecular weight is 312 g/mol. The molecule has 1 fully saturated rings. The van der Waals surface area contributed by atoms with Gasteiger partial charge in [0.2, 0.25) is 5.91 Å². The molecule has 0 spiro atoms. The number of hydrogen-bond donors (Lipinski definition) is 2. The number of carboxylic acid groups (broad SMARTS) is 1. The zero-order valence-electron chi connectivity index (χ0n) is 11.7. The number of amides is 1. The molecule has 0 aliphatic carbocycles. The van der Waals surface area contributed by atoms with Crippen LogP contribution in [-0.4, -0.2) is 29.2 Å². The lowest BCUT2D eigenvalue weighted by Crippen LogP contribution is -2.37. The summed E-state index contributed by atoms with van der Waals surface area (Å²) >= 11 is 5.85. The second kappa shape index (κ2) is 6.91. The van der Waals surface area contributed by atoms with Gasteiger partial charge in [-0.15, -0.1) is 0 Å². The summed E-state index contributed by atoms with van der Waals surface area (Å²) in [5.74, 6) is -1.28. The first-order chi connectivity index (χ1) is 10.0.